The van der Waals surface area contributed by atoms with Gasteiger partial charge >= 0.3 is 0 Å². The highest BCUT2D eigenvalue weighted by Gasteiger charge is 2.31. The van der Waals surface area contributed by atoms with Gasteiger partial charge in [0.05, 0.1) is 6.10 Å². The van der Waals surface area contributed by atoms with Crippen molar-refractivity contribution < 1.29 is 14.9 Å². The molecule has 1 aromatic rings. The van der Waals surface area contributed by atoms with E-state index in [1.807, 2.05) is 30.3 Å². The summed E-state index contributed by atoms with van der Waals surface area (Å²) < 4.78 is 5.62. The molecule has 0 saturated carbocycles. The number of aliphatic hydroxyl groups is 2. The lowest BCUT2D eigenvalue weighted by molar-refractivity contribution is -0.00517. The molecule has 4 nitrogen and oxygen atoms in total. The van der Waals surface area contributed by atoms with E-state index in [0.717, 1.165) is 18.4 Å². The number of hydrogen-bond acceptors (Lipinski definition) is 4. The minimum atomic E-state index is -0.857. The van der Waals surface area contributed by atoms with Crippen LogP contribution < -0.4 is 0 Å². The van der Waals surface area contributed by atoms with Gasteiger partial charge in [0.25, 0.3) is 0 Å². The minimum absolute atomic E-state index is 0.334. The third kappa shape index (κ3) is 9.31. The number of hydrogen-bond donors (Lipinski definition) is 2. The average Bonchev–Trinajstić information content (AvgIpc) is 3.24. The highest BCUT2D eigenvalue weighted by atomic mass is 16.5. The van der Waals surface area contributed by atoms with Crippen LogP contribution in [-0.2, 0) is 4.74 Å². The lowest BCUT2D eigenvalue weighted by Gasteiger charge is -2.20. The molecule has 2 N–H and O–H groups in total. The zero-order valence-corrected chi connectivity index (χ0v) is 18.3. The Balaban J connectivity index is 1.50. The highest BCUT2D eigenvalue weighted by molar-refractivity contribution is 5.95. The van der Waals surface area contributed by atoms with Gasteiger partial charge in [-0.05, 0) is 18.6 Å². The number of rotatable bonds is 16. The minimum Gasteiger partial charge on any atom is -0.475 e. The van der Waals surface area contributed by atoms with Crippen LogP contribution in [0.1, 0.15) is 96.0 Å². The van der Waals surface area contributed by atoms with Crippen molar-refractivity contribution in [3.05, 3.63) is 35.9 Å². The fourth-order valence-electron chi connectivity index (χ4n) is 3.92. The molecule has 29 heavy (non-hydrogen) atoms. The molecule has 0 radical (unpaired) electrons. The van der Waals surface area contributed by atoms with Crippen molar-refractivity contribution in [2.75, 3.05) is 6.61 Å². The molecule has 0 unspecified atom stereocenters. The topological polar surface area (TPSA) is 62.0 Å². The van der Waals surface area contributed by atoms with Crippen LogP contribution >= 0.6 is 0 Å². The van der Waals surface area contributed by atoms with Gasteiger partial charge in [0.2, 0.25) is 5.90 Å². The molecule has 1 aromatic carbocycles. The maximum atomic E-state index is 10.4. The van der Waals surface area contributed by atoms with Crippen LogP contribution in [0.15, 0.2) is 35.3 Å². The summed E-state index contributed by atoms with van der Waals surface area (Å²) in [6, 6.07) is 9.33. The first-order valence-electron chi connectivity index (χ1n) is 11.8. The van der Waals surface area contributed by atoms with Crippen molar-refractivity contribution in [2.24, 2.45) is 4.99 Å². The summed E-state index contributed by atoms with van der Waals surface area (Å²) in [7, 11) is 0. The molecule has 0 bridgehead atoms. The Hall–Kier alpha value is -1.39. The lowest BCUT2D eigenvalue weighted by Crippen LogP contribution is -2.37. The van der Waals surface area contributed by atoms with Gasteiger partial charge in [-0.15, -0.1) is 0 Å². The Morgan fingerprint density at radius 1 is 0.862 bits per heavy atom. The summed E-state index contributed by atoms with van der Waals surface area (Å²) in [5.74, 6) is 0.562. The normalized spacial score (nSPS) is 18.3. The number of benzene rings is 1. The third-order valence-corrected chi connectivity index (χ3v) is 5.84. The van der Waals surface area contributed by atoms with Crippen LogP contribution in [0.3, 0.4) is 0 Å². The maximum absolute atomic E-state index is 10.4. The van der Waals surface area contributed by atoms with Crippen LogP contribution in [0.4, 0.5) is 0 Å². The van der Waals surface area contributed by atoms with Crippen molar-refractivity contribution in [1.82, 2.24) is 0 Å². The smallest absolute Gasteiger partial charge is 0.216 e. The predicted octanol–water partition coefficient (Wildman–Crippen LogP) is 5.65. The molecule has 1 aliphatic heterocycles. The standard InChI is InChI=1S/C25H41NO3/c1-2-3-4-5-6-7-8-9-10-11-12-16-19-23(27)24(28)22-20-29-25(26-22)21-17-14-13-15-18-21/h13-15,17-18,22-24,27-28H,2-12,16,19-20H2,1H3/t22-,23+,24-/m0/s1. The molecule has 0 saturated heterocycles. The molecular weight excluding hydrogens is 362 g/mol. The highest BCUT2D eigenvalue weighted by Crippen LogP contribution is 2.19. The predicted molar refractivity (Wildman–Crippen MR) is 120 cm³/mol. The van der Waals surface area contributed by atoms with Gasteiger partial charge in [-0.2, -0.15) is 0 Å². The first-order valence-corrected chi connectivity index (χ1v) is 11.8. The first kappa shape index (κ1) is 23.9. The van der Waals surface area contributed by atoms with E-state index < -0.39 is 12.2 Å². The molecule has 3 atom stereocenters. The third-order valence-electron chi connectivity index (χ3n) is 5.84. The summed E-state index contributed by atoms with van der Waals surface area (Å²) in [6.07, 6.45) is 14.6. The second kappa shape index (κ2) is 14.6. The van der Waals surface area contributed by atoms with Gasteiger partial charge in [0.15, 0.2) is 0 Å². The van der Waals surface area contributed by atoms with E-state index in [2.05, 4.69) is 11.9 Å². The molecule has 4 heteroatoms. The molecule has 164 valence electrons. The van der Waals surface area contributed by atoms with Crippen LogP contribution in [0.2, 0.25) is 0 Å². The summed E-state index contributed by atoms with van der Waals surface area (Å²) >= 11 is 0. The average molecular weight is 404 g/mol. The Morgan fingerprint density at radius 3 is 2.00 bits per heavy atom. The number of ether oxygens (including phenoxy) is 1. The summed E-state index contributed by atoms with van der Waals surface area (Å²) in [5.41, 5.74) is 0.914. The van der Waals surface area contributed by atoms with Crippen molar-refractivity contribution in [3.8, 4) is 0 Å². The summed E-state index contributed by atoms with van der Waals surface area (Å²) in [5, 5.41) is 20.7. The largest absolute Gasteiger partial charge is 0.475 e. The molecule has 1 aliphatic rings. The van der Waals surface area contributed by atoms with Crippen LogP contribution in [0, 0.1) is 0 Å². The second-order valence-electron chi connectivity index (χ2n) is 8.41. The Morgan fingerprint density at radius 2 is 1.41 bits per heavy atom. The summed E-state index contributed by atoms with van der Waals surface area (Å²) in [6.45, 7) is 2.60. The van der Waals surface area contributed by atoms with E-state index in [1.165, 1.54) is 64.2 Å². The molecular formula is C25H41NO3. The van der Waals surface area contributed by atoms with Gasteiger partial charge in [0.1, 0.15) is 18.8 Å². The Kier molecular flexibility index (Phi) is 12.0. The quantitative estimate of drug-likeness (QED) is 0.351. The van der Waals surface area contributed by atoms with Crippen LogP contribution in [-0.4, -0.2) is 41.0 Å². The van der Waals surface area contributed by atoms with Crippen molar-refractivity contribution >= 4 is 5.90 Å². The summed E-state index contributed by atoms with van der Waals surface area (Å²) in [4.78, 5) is 4.47. The van der Waals surface area contributed by atoms with E-state index in [0.29, 0.717) is 18.9 Å². The fourth-order valence-corrected chi connectivity index (χ4v) is 3.92. The van der Waals surface area contributed by atoms with E-state index in [4.69, 9.17) is 4.74 Å². The van der Waals surface area contributed by atoms with Crippen LogP contribution in [0.5, 0.6) is 0 Å². The SMILES string of the molecule is CCCCCCCCCCCCCC[C@@H](O)[C@@H](O)[C@@H]1COC(c2ccccc2)=N1. The lowest BCUT2D eigenvalue weighted by atomic mass is 10.00. The van der Waals surface area contributed by atoms with E-state index in [1.54, 1.807) is 0 Å². The second-order valence-corrected chi connectivity index (χ2v) is 8.41. The van der Waals surface area contributed by atoms with Gasteiger partial charge < -0.3 is 14.9 Å². The van der Waals surface area contributed by atoms with Gasteiger partial charge in [-0.25, -0.2) is 4.99 Å². The van der Waals surface area contributed by atoms with E-state index in [9.17, 15) is 10.2 Å². The maximum Gasteiger partial charge on any atom is 0.216 e. The van der Waals surface area contributed by atoms with Gasteiger partial charge in [0, 0.05) is 5.56 Å². The van der Waals surface area contributed by atoms with E-state index >= 15 is 0 Å². The molecule has 0 aliphatic carbocycles. The Bertz CT molecular complexity index is 560. The van der Waals surface area contributed by atoms with Crippen molar-refractivity contribution in [3.63, 3.8) is 0 Å². The van der Waals surface area contributed by atoms with Crippen molar-refractivity contribution in [1.29, 1.82) is 0 Å². The molecule has 0 aromatic heterocycles. The monoisotopic (exact) mass is 403 g/mol. The Labute approximate surface area is 177 Å². The number of aliphatic hydroxyl groups excluding tert-OH is 2. The number of aliphatic imine (C=N–C) groups is 1. The van der Waals surface area contributed by atoms with Crippen molar-refractivity contribution in [2.45, 2.75) is 109 Å². The van der Waals surface area contributed by atoms with Gasteiger partial charge in [-0.1, -0.05) is 102 Å². The first-order chi connectivity index (χ1) is 14.2. The number of unbranched alkanes of at least 4 members (excludes halogenated alkanes) is 11. The van der Waals surface area contributed by atoms with E-state index in [-0.39, 0.29) is 6.04 Å². The molecule has 0 amide bonds. The molecule has 1 heterocycles. The van der Waals surface area contributed by atoms with Crippen LogP contribution in [0.25, 0.3) is 0 Å². The zero-order chi connectivity index (χ0) is 20.7. The molecule has 0 fully saturated rings. The fraction of sp³-hybridized carbons (Fsp3) is 0.720. The van der Waals surface area contributed by atoms with Gasteiger partial charge in [-0.3, -0.25) is 0 Å². The molecule has 2 rings (SSSR count). The number of nitrogens with zero attached hydrogens (tertiary/aromatic N) is 1. The molecule has 0 spiro atoms. The zero-order valence-electron chi connectivity index (χ0n) is 18.3.